The van der Waals surface area contributed by atoms with E-state index in [1.165, 1.54) is 0 Å². The normalized spacial score (nSPS) is 14.3. The molecule has 0 saturated heterocycles. The molecule has 1 aromatic carbocycles. The summed E-state index contributed by atoms with van der Waals surface area (Å²) in [6, 6.07) is 9.55. The highest BCUT2D eigenvalue weighted by Crippen LogP contribution is 2.14. The van der Waals surface area contributed by atoms with Gasteiger partial charge in [0.1, 0.15) is 5.69 Å². The van der Waals surface area contributed by atoms with E-state index in [0.717, 1.165) is 10.9 Å². The molecule has 2 atom stereocenters. The number of hydrogen-bond acceptors (Lipinski definition) is 2. The second-order valence-electron chi connectivity index (χ2n) is 4.29. The monoisotopic (exact) mass is 264 g/mol. The Morgan fingerprint density at radius 3 is 2.83 bits per heavy atom. The van der Waals surface area contributed by atoms with E-state index in [1.807, 2.05) is 37.3 Å². The molecule has 1 amide bonds. The van der Waals surface area contributed by atoms with E-state index in [0.29, 0.717) is 12.2 Å². The van der Waals surface area contributed by atoms with Crippen LogP contribution >= 0.6 is 0 Å². The summed E-state index contributed by atoms with van der Waals surface area (Å²) < 4.78 is 11.2. The van der Waals surface area contributed by atoms with Crippen LogP contribution in [0, 0.1) is 0 Å². The van der Waals surface area contributed by atoms with Crippen molar-refractivity contribution in [2.75, 3.05) is 12.8 Å². The third-order valence-corrected chi connectivity index (χ3v) is 4.19. The number of nitrogens with one attached hydrogen (secondary N) is 2. The molecule has 0 saturated carbocycles. The van der Waals surface area contributed by atoms with E-state index in [4.69, 9.17) is 0 Å². The Hall–Kier alpha value is -1.62. The number of fused-ring (bicyclic) bond motifs is 1. The van der Waals surface area contributed by atoms with Crippen LogP contribution in [-0.4, -0.2) is 33.2 Å². The van der Waals surface area contributed by atoms with E-state index in [9.17, 15) is 9.00 Å². The molecule has 1 aromatic heterocycles. The minimum absolute atomic E-state index is 0.0432. The number of H-pyrrole nitrogens is 1. The van der Waals surface area contributed by atoms with Crippen LogP contribution in [0.1, 0.15) is 17.4 Å². The molecular formula is C13H16N2O2S. The smallest absolute Gasteiger partial charge is 0.267 e. The molecule has 0 bridgehead atoms. The van der Waals surface area contributed by atoms with Gasteiger partial charge in [-0.25, -0.2) is 0 Å². The van der Waals surface area contributed by atoms with Crippen LogP contribution in [0.2, 0.25) is 0 Å². The van der Waals surface area contributed by atoms with Crippen LogP contribution in [0.3, 0.4) is 0 Å². The molecule has 2 aromatic rings. The third kappa shape index (κ3) is 2.79. The van der Waals surface area contributed by atoms with Crippen LogP contribution in [-0.2, 0) is 10.8 Å². The second-order valence-corrected chi connectivity index (χ2v) is 6.09. The molecule has 0 aliphatic rings. The van der Waals surface area contributed by atoms with Gasteiger partial charge in [0.05, 0.1) is 0 Å². The van der Waals surface area contributed by atoms with Crippen molar-refractivity contribution >= 4 is 27.6 Å². The van der Waals surface area contributed by atoms with Crippen LogP contribution < -0.4 is 5.32 Å². The summed E-state index contributed by atoms with van der Waals surface area (Å²) in [6.07, 6.45) is 1.64. The average Bonchev–Trinajstić information content (AvgIpc) is 2.79. The summed E-state index contributed by atoms with van der Waals surface area (Å²) in [6.45, 7) is 2.26. The summed E-state index contributed by atoms with van der Waals surface area (Å²) in [5.41, 5.74) is 1.47. The van der Waals surface area contributed by atoms with Crippen molar-refractivity contribution in [3.63, 3.8) is 0 Å². The Labute approximate surface area is 108 Å². The fraction of sp³-hybridized carbons (Fsp3) is 0.308. The van der Waals surface area contributed by atoms with Crippen LogP contribution in [0.15, 0.2) is 30.3 Å². The molecule has 0 spiro atoms. The highest BCUT2D eigenvalue weighted by molar-refractivity contribution is 7.84. The summed E-state index contributed by atoms with van der Waals surface area (Å²) in [7, 11) is -0.923. The zero-order valence-corrected chi connectivity index (χ0v) is 11.2. The van der Waals surface area contributed by atoms with Crippen LogP contribution in [0.4, 0.5) is 0 Å². The standard InChI is InChI=1S/C13H16N2O2S/c1-9(18(2)17)8-14-13(16)12-7-10-5-3-4-6-11(10)15-12/h3-7,9,15H,8H2,1-2H3,(H,14,16). The van der Waals surface area contributed by atoms with E-state index in [-0.39, 0.29) is 11.2 Å². The molecule has 4 nitrogen and oxygen atoms in total. The molecule has 2 rings (SSSR count). The number of para-hydroxylation sites is 1. The molecule has 2 N–H and O–H groups in total. The van der Waals surface area contributed by atoms with E-state index in [2.05, 4.69) is 10.3 Å². The summed E-state index contributed by atoms with van der Waals surface area (Å²) in [5, 5.41) is 3.74. The number of carbonyl (C=O) groups excluding carboxylic acids is 1. The zero-order valence-electron chi connectivity index (χ0n) is 10.4. The number of carbonyl (C=O) groups is 1. The molecular weight excluding hydrogens is 248 g/mol. The maximum atomic E-state index is 11.9. The number of aromatic nitrogens is 1. The van der Waals surface area contributed by atoms with Gasteiger partial charge in [-0.1, -0.05) is 18.2 Å². The molecule has 2 unspecified atom stereocenters. The minimum atomic E-state index is -0.923. The van der Waals surface area contributed by atoms with Crippen molar-refractivity contribution in [2.24, 2.45) is 0 Å². The SMILES string of the molecule is CC(CNC(=O)c1cc2ccccc2[nH]1)S(C)=O. The van der Waals surface area contributed by atoms with Crippen molar-refractivity contribution in [3.05, 3.63) is 36.0 Å². The third-order valence-electron chi connectivity index (χ3n) is 2.89. The van der Waals surface area contributed by atoms with Crippen LogP contribution in [0.5, 0.6) is 0 Å². The Morgan fingerprint density at radius 2 is 2.17 bits per heavy atom. The molecule has 18 heavy (non-hydrogen) atoms. The fourth-order valence-corrected chi connectivity index (χ4v) is 1.96. The van der Waals surface area contributed by atoms with E-state index >= 15 is 0 Å². The number of hydrogen-bond donors (Lipinski definition) is 2. The Bertz CT molecular complexity index is 558. The van der Waals surface area contributed by atoms with Gasteiger partial charge in [-0.3, -0.25) is 9.00 Å². The molecule has 0 aliphatic heterocycles. The first kappa shape index (κ1) is 12.8. The predicted octanol–water partition coefficient (Wildman–Crippen LogP) is 1.66. The van der Waals surface area contributed by atoms with Crippen molar-refractivity contribution in [1.29, 1.82) is 0 Å². The first-order valence-corrected chi connectivity index (χ1v) is 7.38. The molecule has 0 fully saturated rings. The Kier molecular flexibility index (Phi) is 3.81. The molecule has 5 heteroatoms. The van der Waals surface area contributed by atoms with Gasteiger partial charge < -0.3 is 10.3 Å². The van der Waals surface area contributed by atoms with Gasteiger partial charge in [0.2, 0.25) is 0 Å². The predicted molar refractivity (Wildman–Crippen MR) is 74.2 cm³/mol. The highest BCUT2D eigenvalue weighted by atomic mass is 32.2. The first-order valence-electron chi connectivity index (χ1n) is 5.76. The van der Waals surface area contributed by atoms with E-state index < -0.39 is 10.8 Å². The number of amides is 1. The summed E-state index contributed by atoms with van der Waals surface area (Å²) >= 11 is 0. The lowest BCUT2D eigenvalue weighted by molar-refractivity contribution is 0.0950. The molecule has 0 aliphatic carbocycles. The Balaban J connectivity index is 2.07. The number of rotatable bonds is 4. The average molecular weight is 264 g/mol. The maximum absolute atomic E-state index is 11.9. The minimum Gasteiger partial charge on any atom is -0.351 e. The van der Waals surface area contributed by atoms with Gasteiger partial charge >= 0.3 is 0 Å². The van der Waals surface area contributed by atoms with Crippen LogP contribution in [0.25, 0.3) is 10.9 Å². The molecule has 96 valence electrons. The second kappa shape index (κ2) is 5.35. The van der Waals surface area contributed by atoms with Gasteiger partial charge in [0.25, 0.3) is 5.91 Å². The summed E-state index contributed by atoms with van der Waals surface area (Å²) in [4.78, 5) is 15.0. The van der Waals surface area contributed by atoms with Crippen molar-refractivity contribution in [3.8, 4) is 0 Å². The largest absolute Gasteiger partial charge is 0.351 e. The molecule has 0 radical (unpaired) electrons. The topological polar surface area (TPSA) is 62.0 Å². The lowest BCUT2D eigenvalue weighted by Gasteiger charge is -2.08. The lowest BCUT2D eigenvalue weighted by atomic mass is 10.2. The van der Waals surface area contributed by atoms with E-state index in [1.54, 1.807) is 6.26 Å². The fourth-order valence-electron chi connectivity index (χ4n) is 1.64. The van der Waals surface area contributed by atoms with Crippen molar-refractivity contribution in [2.45, 2.75) is 12.2 Å². The molecule has 1 heterocycles. The Morgan fingerprint density at radius 1 is 1.44 bits per heavy atom. The quantitative estimate of drug-likeness (QED) is 0.882. The van der Waals surface area contributed by atoms with Crippen molar-refractivity contribution < 1.29 is 9.00 Å². The van der Waals surface area contributed by atoms with Gasteiger partial charge in [0.15, 0.2) is 0 Å². The van der Waals surface area contributed by atoms with Gasteiger partial charge in [0, 0.05) is 39.8 Å². The van der Waals surface area contributed by atoms with Gasteiger partial charge in [-0.2, -0.15) is 0 Å². The van der Waals surface area contributed by atoms with Gasteiger partial charge in [-0.05, 0) is 19.1 Å². The van der Waals surface area contributed by atoms with Crippen molar-refractivity contribution in [1.82, 2.24) is 10.3 Å². The first-order chi connectivity index (χ1) is 8.58. The maximum Gasteiger partial charge on any atom is 0.267 e. The highest BCUT2D eigenvalue weighted by Gasteiger charge is 2.11. The summed E-state index contributed by atoms with van der Waals surface area (Å²) in [5.74, 6) is -0.163. The lowest BCUT2D eigenvalue weighted by Crippen LogP contribution is -2.32. The number of aromatic amines is 1. The van der Waals surface area contributed by atoms with Gasteiger partial charge in [-0.15, -0.1) is 0 Å². The number of benzene rings is 1. The zero-order chi connectivity index (χ0) is 13.1.